The van der Waals surface area contributed by atoms with E-state index in [0.29, 0.717) is 0 Å². The Bertz CT molecular complexity index is 443. The van der Waals surface area contributed by atoms with Crippen molar-refractivity contribution >= 4 is 21.7 Å². The molecule has 1 aliphatic rings. The summed E-state index contributed by atoms with van der Waals surface area (Å²) in [5.41, 5.74) is 2.70. The lowest BCUT2D eigenvalue weighted by molar-refractivity contribution is 0.709. The highest BCUT2D eigenvalue weighted by atomic mass is 79.9. The summed E-state index contributed by atoms with van der Waals surface area (Å²) in [5.74, 6) is 1.12. The van der Waals surface area contributed by atoms with Gasteiger partial charge in [-0.1, -0.05) is 18.6 Å². The van der Waals surface area contributed by atoms with Gasteiger partial charge in [-0.15, -0.1) is 0 Å². The molecule has 1 aliphatic heterocycles. The van der Waals surface area contributed by atoms with Gasteiger partial charge in [-0.3, -0.25) is 0 Å². The van der Waals surface area contributed by atoms with E-state index in [1.165, 1.54) is 11.1 Å². The first kappa shape index (κ1) is 13.6. The summed E-state index contributed by atoms with van der Waals surface area (Å²) in [6.07, 6.45) is 5.32. The van der Waals surface area contributed by atoms with Crippen molar-refractivity contribution in [3.05, 3.63) is 33.9 Å². The number of rotatable bonds is 4. The van der Waals surface area contributed by atoms with Crippen molar-refractivity contribution in [1.29, 1.82) is 0 Å². The number of halogens is 1. The van der Waals surface area contributed by atoms with Gasteiger partial charge in [0.05, 0.1) is 0 Å². The first-order chi connectivity index (χ1) is 8.70. The average Bonchev–Trinajstić information content (AvgIpc) is 2.36. The van der Waals surface area contributed by atoms with Crippen LogP contribution in [0.15, 0.2) is 28.4 Å². The number of hydrogen-bond acceptors (Lipinski definition) is 3. The highest BCUT2D eigenvalue weighted by molar-refractivity contribution is 9.10. The van der Waals surface area contributed by atoms with E-state index in [9.17, 15) is 0 Å². The lowest BCUT2D eigenvalue weighted by Crippen LogP contribution is -2.31. The molecule has 0 amide bonds. The Labute approximate surface area is 117 Å². The van der Waals surface area contributed by atoms with E-state index in [1.54, 1.807) is 0 Å². The molecule has 18 heavy (non-hydrogen) atoms. The van der Waals surface area contributed by atoms with Crippen LogP contribution in [0.25, 0.3) is 0 Å². The zero-order valence-corrected chi connectivity index (χ0v) is 12.6. The zero-order chi connectivity index (χ0) is 13.0. The van der Waals surface area contributed by atoms with Crippen LogP contribution >= 0.6 is 15.9 Å². The number of anilines is 1. The quantitative estimate of drug-likeness (QED) is 0.866. The maximum atomic E-state index is 4.60. The summed E-state index contributed by atoms with van der Waals surface area (Å²) in [5, 5.41) is 3.38. The van der Waals surface area contributed by atoms with Crippen molar-refractivity contribution < 1.29 is 0 Å². The predicted octanol–water partition coefficient (Wildman–Crippen LogP) is 3.11. The smallest absolute Gasteiger partial charge is 0.133 e. The van der Waals surface area contributed by atoms with Gasteiger partial charge in [-0.25, -0.2) is 4.98 Å². The molecule has 98 valence electrons. The predicted molar refractivity (Wildman–Crippen MR) is 79.9 cm³/mol. The molecule has 0 saturated carbocycles. The summed E-state index contributed by atoms with van der Waals surface area (Å²) >= 11 is 3.50. The number of pyridine rings is 1. The number of aromatic nitrogens is 1. The molecule has 0 unspecified atom stereocenters. The summed E-state index contributed by atoms with van der Waals surface area (Å²) in [6.45, 7) is 8.22. The molecule has 0 radical (unpaired) electrons. The van der Waals surface area contributed by atoms with E-state index < -0.39 is 0 Å². The van der Waals surface area contributed by atoms with Crippen LogP contribution in [0.1, 0.15) is 25.8 Å². The third-order valence-corrected chi connectivity index (χ3v) is 3.54. The summed E-state index contributed by atoms with van der Waals surface area (Å²) in [4.78, 5) is 6.97. The minimum atomic E-state index is 0.873. The van der Waals surface area contributed by atoms with Crippen LogP contribution in [-0.4, -0.2) is 24.6 Å². The number of nitrogens with zero attached hydrogens (tertiary/aromatic N) is 2. The Morgan fingerprint density at radius 1 is 1.50 bits per heavy atom. The fourth-order valence-electron chi connectivity index (χ4n) is 2.24. The SMILES string of the molecule is CCNCc1cc(Br)cnc1N1CCC=C(C)C1. The molecule has 0 saturated heterocycles. The minimum absolute atomic E-state index is 0.873. The third kappa shape index (κ3) is 3.33. The standard InChI is InChI=1S/C14H20BrN3/c1-3-16-8-12-7-13(15)9-17-14(12)18-6-4-5-11(2)10-18/h5,7,9,16H,3-4,6,8,10H2,1-2H3. The first-order valence-corrected chi connectivity index (χ1v) is 7.25. The fraction of sp³-hybridized carbons (Fsp3) is 0.500. The highest BCUT2D eigenvalue weighted by Gasteiger charge is 2.15. The van der Waals surface area contributed by atoms with Crippen LogP contribution in [0.3, 0.4) is 0 Å². The molecule has 2 heterocycles. The lowest BCUT2D eigenvalue weighted by Gasteiger charge is -2.29. The van der Waals surface area contributed by atoms with Gasteiger partial charge in [-0.05, 0) is 41.9 Å². The van der Waals surface area contributed by atoms with Gasteiger partial charge in [-0.2, -0.15) is 0 Å². The fourth-order valence-corrected chi connectivity index (χ4v) is 2.62. The second-order valence-corrected chi connectivity index (χ2v) is 5.59. The molecule has 1 N–H and O–H groups in total. The Morgan fingerprint density at radius 2 is 2.33 bits per heavy atom. The minimum Gasteiger partial charge on any atom is -0.352 e. The van der Waals surface area contributed by atoms with E-state index in [2.05, 4.69) is 57.1 Å². The van der Waals surface area contributed by atoms with Gasteiger partial charge in [0.1, 0.15) is 5.82 Å². The van der Waals surface area contributed by atoms with Crippen LogP contribution < -0.4 is 10.2 Å². The molecule has 0 aliphatic carbocycles. The molecule has 3 nitrogen and oxygen atoms in total. The van der Waals surface area contributed by atoms with Crippen LogP contribution in [0, 0.1) is 0 Å². The van der Waals surface area contributed by atoms with Crippen molar-refractivity contribution in [3.8, 4) is 0 Å². The molecule has 0 aromatic carbocycles. The van der Waals surface area contributed by atoms with Gasteiger partial charge in [0, 0.05) is 35.9 Å². The average molecular weight is 310 g/mol. The molecular formula is C14H20BrN3. The lowest BCUT2D eigenvalue weighted by atomic mass is 10.1. The second-order valence-electron chi connectivity index (χ2n) is 4.68. The zero-order valence-electron chi connectivity index (χ0n) is 11.0. The van der Waals surface area contributed by atoms with Crippen molar-refractivity contribution in [2.75, 3.05) is 24.5 Å². The Hall–Kier alpha value is -0.870. The van der Waals surface area contributed by atoms with Crippen molar-refractivity contribution in [2.24, 2.45) is 0 Å². The normalized spacial score (nSPS) is 15.7. The molecule has 0 spiro atoms. The molecule has 0 fully saturated rings. The molecule has 1 aromatic heterocycles. The van der Waals surface area contributed by atoms with Crippen LogP contribution in [0.5, 0.6) is 0 Å². The van der Waals surface area contributed by atoms with E-state index >= 15 is 0 Å². The van der Waals surface area contributed by atoms with Crippen LogP contribution in [0.2, 0.25) is 0 Å². The third-order valence-electron chi connectivity index (χ3n) is 3.11. The maximum absolute atomic E-state index is 4.60. The molecule has 0 bridgehead atoms. The van der Waals surface area contributed by atoms with Gasteiger partial charge in [0.25, 0.3) is 0 Å². The van der Waals surface area contributed by atoms with Crippen LogP contribution in [0.4, 0.5) is 5.82 Å². The Balaban J connectivity index is 2.23. The van der Waals surface area contributed by atoms with E-state index in [1.807, 2.05) is 6.20 Å². The molecule has 4 heteroatoms. The van der Waals surface area contributed by atoms with E-state index in [4.69, 9.17) is 0 Å². The largest absolute Gasteiger partial charge is 0.352 e. The van der Waals surface area contributed by atoms with Crippen molar-refractivity contribution in [2.45, 2.75) is 26.8 Å². The second kappa shape index (κ2) is 6.34. The monoisotopic (exact) mass is 309 g/mol. The van der Waals surface area contributed by atoms with Crippen molar-refractivity contribution in [1.82, 2.24) is 10.3 Å². The Morgan fingerprint density at radius 3 is 3.06 bits per heavy atom. The Kier molecular flexibility index (Phi) is 4.78. The van der Waals surface area contributed by atoms with E-state index in [0.717, 1.165) is 42.9 Å². The van der Waals surface area contributed by atoms with Crippen LogP contribution in [-0.2, 0) is 6.54 Å². The number of nitrogens with one attached hydrogen (secondary N) is 1. The van der Waals surface area contributed by atoms with Gasteiger partial charge < -0.3 is 10.2 Å². The number of hydrogen-bond donors (Lipinski definition) is 1. The van der Waals surface area contributed by atoms with Gasteiger partial charge >= 0.3 is 0 Å². The molecular weight excluding hydrogens is 290 g/mol. The first-order valence-electron chi connectivity index (χ1n) is 6.46. The summed E-state index contributed by atoms with van der Waals surface area (Å²) in [7, 11) is 0. The molecule has 1 aromatic rings. The topological polar surface area (TPSA) is 28.2 Å². The summed E-state index contributed by atoms with van der Waals surface area (Å²) < 4.78 is 1.04. The molecule has 0 atom stereocenters. The van der Waals surface area contributed by atoms with Gasteiger partial charge in [0.15, 0.2) is 0 Å². The van der Waals surface area contributed by atoms with Crippen molar-refractivity contribution in [3.63, 3.8) is 0 Å². The van der Waals surface area contributed by atoms with Gasteiger partial charge in [0.2, 0.25) is 0 Å². The molecule has 2 rings (SSSR count). The summed E-state index contributed by atoms with van der Waals surface area (Å²) in [6, 6.07) is 2.17. The van der Waals surface area contributed by atoms with E-state index in [-0.39, 0.29) is 0 Å². The highest BCUT2D eigenvalue weighted by Crippen LogP contribution is 2.24. The maximum Gasteiger partial charge on any atom is 0.133 e.